The van der Waals surface area contributed by atoms with Crippen LogP contribution in [0.1, 0.15) is 31.2 Å². The van der Waals surface area contributed by atoms with Gasteiger partial charge in [-0.05, 0) is 48.7 Å². The second-order valence-corrected chi connectivity index (χ2v) is 6.87. The Bertz CT molecular complexity index is 907. The first-order chi connectivity index (χ1) is 12.0. The fraction of sp³-hybridized carbons (Fsp3) is 0.263. The molecule has 1 heterocycles. The van der Waals surface area contributed by atoms with Gasteiger partial charge in [0.2, 0.25) is 5.91 Å². The molecule has 2 N–H and O–H groups in total. The first kappa shape index (κ1) is 17.6. The van der Waals surface area contributed by atoms with Crippen molar-refractivity contribution in [2.24, 2.45) is 0 Å². The zero-order valence-electron chi connectivity index (χ0n) is 13.9. The van der Waals surface area contributed by atoms with Crippen LogP contribution in [0.15, 0.2) is 40.9 Å². The maximum atomic E-state index is 13.8. The molecule has 0 unspecified atom stereocenters. The lowest BCUT2D eigenvalue weighted by Crippen LogP contribution is -2.13. The monoisotopic (exact) mass is 403 g/mol. The van der Waals surface area contributed by atoms with Crippen molar-refractivity contribution in [2.45, 2.75) is 32.6 Å². The number of aryl methyl sites for hydroxylation is 2. The largest absolute Gasteiger partial charge is 0.342 e. The number of imidazole rings is 1. The normalized spacial score (nSPS) is 11.0. The number of hydrogen-bond donors (Lipinski definition) is 2. The van der Waals surface area contributed by atoms with Crippen molar-refractivity contribution in [1.82, 2.24) is 9.97 Å². The number of nitrogens with zero attached hydrogens (tertiary/aromatic N) is 1. The number of carbonyl (C=O) groups is 1. The number of hydrogen-bond acceptors (Lipinski definition) is 2. The lowest BCUT2D eigenvalue weighted by molar-refractivity contribution is -0.116. The van der Waals surface area contributed by atoms with E-state index < -0.39 is 5.82 Å². The highest BCUT2D eigenvalue weighted by Crippen LogP contribution is 2.20. The quantitative estimate of drug-likeness (QED) is 0.608. The van der Waals surface area contributed by atoms with Gasteiger partial charge in [-0.1, -0.05) is 28.9 Å². The van der Waals surface area contributed by atoms with Crippen molar-refractivity contribution in [3.8, 4) is 0 Å². The van der Waals surface area contributed by atoms with Crippen LogP contribution < -0.4 is 5.32 Å². The van der Waals surface area contributed by atoms with Gasteiger partial charge in [-0.15, -0.1) is 0 Å². The molecule has 3 aromatic rings. The van der Waals surface area contributed by atoms with Crippen molar-refractivity contribution >= 4 is 38.6 Å². The van der Waals surface area contributed by atoms with E-state index in [1.165, 1.54) is 6.07 Å². The lowest BCUT2D eigenvalue weighted by atomic mass is 10.1. The topological polar surface area (TPSA) is 57.8 Å². The van der Waals surface area contributed by atoms with E-state index in [4.69, 9.17) is 0 Å². The predicted octanol–water partition coefficient (Wildman–Crippen LogP) is 4.99. The molecule has 2 aromatic carbocycles. The van der Waals surface area contributed by atoms with Gasteiger partial charge < -0.3 is 10.3 Å². The molecule has 4 nitrogen and oxygen atoms in total. The summed E-state index contributed by atoms with van der Waals surface area (Å²) in [6.45, 7) is 2.12. The highest BCUT2D eigenvalue weighted by molar-refractivity contribution is 9.10. The minimum atomic E-state index is -0.454. The summed E-state index contributed by atoms with van der Waals surface area (Å²) in [5, 5.41) is 2.61. The maximum Gasteiger partial charge on any atom is 0.224 e. The number of aromatic amines is 1. The van der Waals surface area contributed by atoms with Crippen LogP contribution in [0.2, 0.25) is 0 Å². The highest BCUT2D eigenvalue weighted by Gasteiger charge is 2.09. The van der Waals surface area contributed by atoms with Crippen LogP contribution in [0.3, 0.4) is 0 Å². The molecule has 0 radical (unpaired) electrons. The van der Waals surface area contributed by atoms with Crippen molar-refractivity contribution in [3.05, 3.63) is 58.1 Å². The van der Waals surface area contributed by atoms with Gasteiger partial charge in [0, 0.05) is 17.3 Å². The molecular weight excluding hydrogens is 385 g/mol. The molecule has 0 saturated carbocycles. The summed E-state index contributed by atoms with van der Waals surface area (Å²) < 4.78 is 14.4. The number of anilines is 1. The molecule has 1 amide bonds. The average Bonchev–Trinajstić information content (AvgIpc) is 2.97. The Balaban J connectivity index is 1.62. The Labute approximate surface area is 154 Å². The Morgan fingerprint density at radius 1 is 1.24 bits per heavy atom. The zero-order chi connectivity index (χ0) is 17.8. The average molecular weight is 404 g/mol. The smallest absolute Gasteiger partial charge is 0.224 e. The first-order valence-electron chi connectivity index (χ1n) is 8.27. The van der Waals surface area contributed by atoms with E-state index in [-0.39, 0.29) is 18.0 Å². The second kappa shape index (κ2) is 7.78. The molecule has 0 atom stereocenters. The maximum absolute atomic E-state index is 13.8. The van der Waals surface area contributed by atoms with Crippen LogP contribution in [0.4, 0.5) is 10.1 Å². The highest BCUT2D eigenvalue weighted by atomic mass is 79.9. The Hall–Kier alpha value is -2.21. The summed E-state index contributed by atoms with van der Waals surface area (Å²) >= 11 is 3.19. The van der Waals surface area contributed by atoms with E-state index in [1.807, 2.05) is 18.2 Å². The molecule has 0 aliphatic carbocycles. The van der Waals surface area contributed by atoms with Gasteiger partial charge >= 0.3 is 0 Å². The van der Waals surface area contributed by atoms with E-state index >= 15 is 0 Å². The van der Waals surface area contributed by atoms with Crippen LogP contribution in [0, 0.1) is 5.82 Å². The summed E-state index contributed by atoms with van der Waals surface area (Å²) in [7, 11) is 0. The molecule has 3 rings (SSSR count). The third-order valence-electron chi connectivity index (χ3n) is 3.93. The van der Waals surface area contributed by atoms with E-state index in [0.29, 0.717) is 10.9 Å². The fourth-order valence-corrected chi connectivity index (χ4v) is 3.01. The van der Waals surface area contributed by atoms with Gasteiger partial charge in [0.25, 0.3) is 0 Å². The van der Waals surface area contributed by atoms with E-state index in [2.05, 4.69) is 38.1 Å². The van der Waals surface area contributed by atoms with Crippen LogP contribution >= 0.6 is 15.9 Å². The minimum Gasteiger partial charge on any atom is -0.342 e. The molecule has 25 heavy (non-hydrogen) atoms. The Kier molecular flexibility index (Phi) is 5.48. The molecule has 0 bridgehead atoms. The minimum absolute atomic E-state index is 0.196. The summed E-state index contributed by atoms with van der Waals surface area (Å²) in [5.74, 6) is 0.320. The Morgan fingerprint density at radius 3 is 2.84 bits per heavy atom. The van der Waals surface area contributed by atoms with Gasteiger partial charge in [0.05, 0.1) is 16.7 Å². The van der Waals surface area contributed by atoms with Crippen LogP contribution in [0.5, 0.6) is 0 Å². The SMILES string of the molecule is CCCc1nc2ccc(CCC(=O)Nc3ccc(Br)cc3F)cc2[nH]1. The van der Waals surface area contributed by atoms with Crippen LogP contribution in [-0.4, -0.2) is 15.9 Å². The van der Waals surface area contributed by atoms with Crippen LogP contribution in [-0.2, 0) is 17.6 Å². The van der Waals surface area contributed by atoms with E-state index in [0.717, 1.165) is 35.3 Å². The van der Waals surface area contributed by atoms with E-state index in [9.17, 15) is 9.18 Å². The van der Waals surface area contributed by atoms with E-state index in [1.54, 1.807) is 12.1 Å². The lowest BCUT2D eigenvalue weighted by Gasteiger charge is -2.07. The standard InChI is InChI=1S/C19H19BrFN3O/c1-2-3-18-22-16-7-4-12(10-17(16)23-18)5-9-19(25)24-15-8-6-13(20)11-14(15)21/h4,6-8,10-11H,2-3,5,9H2,1H3,(H,22,23)(H,24,25). The number of rotatable bonds is 6. The van der Waals surface area contributed by atoms with Crippen molar-refractivity contribution in [2.75, 3.05) is 5.32 Å². The van der Waals surface area contributed by atoms with Gasteiger partial charge in [-0.25, -0.2) is 9.37 Å². The van der Waals surface area contributed by atoms with Gasteiger partial charge in [-0.2, -0.15) is 0 Å². The number of carbonyl (C=O) groups excluding carboxylic acids is 1. The van der Waals surface area contributed by atoms with Crippen molar-refractivity contribution < 1.29 is 9.18 Å². The number of benzene rings is 2. The predicted molar refractivity (Wildman–Crippen MR) is 101 cm³/mol. The number of halogens is 2. The summed E-state index contributed by atoms with van der Waals surface area (Å²) in [5.41, 5.74) is 3.17. The number of amides is 1. The second-order valence-electron chi connectivity index (χ2n) is 5.96. The van der Waals surface area contributed by atoms with Crippen molar-refractivity contribution in [3.63, 3.8) is 0 Å². The molecule has 0 aliphatic rings. The third kappa shape index (κ3) is 4.45. The summed E-state index contributed by atoms with van der Waals surface area (Å²) in [4.78, 5) is 19.9. The molecule has 1 aromatic heterocycles. The van der Waals surface area contributed by atoms with Crippen LogP contribution in [0.25, 0.3) is 11.0 Å². The Morgan fingerprint density at radius 2 is 2.08 bits per heavy atom. The fourth-order valence-electron chi connectivity index (χ4n) is 2.68. The molecule has 6 heteroatoms. The van der Waals surface area contributed by atoms with Gasteiger partial charge in [-0.3, -0.25) is 4.79 Å². The number of fused-ring (bicyclic) bond motifs is 1. The number of aromatic nitrogens is 2. The summed E-state index contributed by atoms with van der Waals surface area (Å²) in [6.07, 6.45) is 2.84. The zero-order valence-corrected chi connectivity index (χ0v) is 15.5. The molecule has 0 spiro atoms. The summed E-state index contributed by atoms with van der Waals surface area (Å²) in [6, 6.07) is 10.5. The number of H-pyrrole nitrogens is 1. The number of nitrogens with one attached hydrogen (secondary N) is 2. The third-order valence-corrected chi connectivity index (χ3v) is 4.42. The molecule has 0 fully saturated rings. The molecule has 0 aliphatic heterocycles. The molecular formula is C19H19BrFN3O. The van der Waals surface area contributed by atoms with Gasteiger partial charge in [0.1, 0.15) is 11.6 Å². The van der Waals surface area contributed by atoms with Gasteiger partial charge in [0.15, 0.2) is 0 Å². The molecule has 130 valence electrons. The first-order valence-corrected chi connectivity index (χ1v) is 9.07. The van der Waals surface area contributed by atoms with Crippen molar-refractivity contribution in [1.29, 1.82) is 0 Å². The molecule has 0 saturated heterocycles.